The van der Waals surface area contributed by atoms with E-state index in [1.807, 2.05) is 0 Å². The molecule has 0 aromatic rings. The molecular weight excluding hydrogens is 295 g/mol. The Morgan fingerprint density at radius 1 is 0.818 bits per heavy atom. The predicted molar refractivity (Wildman–Crippen MR) is 78.6 cm³/mol. The van der Waals surface area contributed by atoms with E-state index >= 15 is 0 Å². The Morgan fingerprint density at radius 2 is 1.32 bits per heavy atom. The Kier molecular flexibility index (Phi) is 20.8. The maximum atomic E-state index is 11.1. The van der Waals surface area contributed by atoms with Crippen LogP contribution in [-0.2, 0) is 19.1 Å². The number of carboxylic acids is 1. The number of esters is 1. The van der Waals surface area contributed by atoms with Crippen molar-refractivity contribution in [2.24, 2.45) is 0 Å². The molecule has 0 aliphatic rings. The fraction of sp³-hybridized carbons (Fsp3) is 0.875. The molecule has 0 aromatic heterocycles. The Labute approximate surface area is 156 Å². The molecule has 0 aliphatic carbocycles. The summed E-state index contributed by atoms with van der Waals surface area (Å²) < 4.78 is 9.49. The van der Waals surface area contributed by atoms with E-state index in [-0.39, 0.29) is 36.2 Å². The minimum absolute atomic E-state index is 0. The number of carbonyl (C=O) groups excluding carboxylic acids is 2. The van der Waals surface area contributed by atoms with Gasteiger partial charge in [-0.05, 0) is 6.42 Å². The molecule has 0 aliphatic heterocycles. The molecule has 124 valence electrons. The molecule has 0 unspecified atom stereocenters. The first-order valence-electron chi connectivity index (χ1n) is 8.10. The predicted octanol–water partition coefficient (Wildman–Crippen LogP) is -0.779. The van der Waals surface area contributed by atoms with Crippen LogP contribution < -0.4 is 34.7 Å². The second-order valence-electron chi connectivity index (χ2n) is 5.27. The SMILES string of the molecule is CCCCCCCCCCCCOC(=O)COCC(=O)[O-].[Na+]. The van der Waals surface area contributed by atoms with Gasteiger partial charge in [0.15, 0.2) is 0 Å². The summed E-state index contributed by atoms with van der Waals surface area (Å²) in [7, 11) is 0. The molecule has 0 saturated carbocycles. The van der Waals surface area contributed by atoms with E-state index in [1.165, 1.54) is 51.4 Å². The number of unbranched alkanes of at least 4 members (excludes halogenated alkanes) is 9. The molecule has 0 rings (SSSR count). The Morgan fingerprint density at radius 3 is 1.82 bits per heavy atom. The second-order valence-corrected chi connectivity index (χ2v) is 5.27. The summed E-state index contributed by atoms with van der Waals surface area (Å²) in [5.74, 6) is -1.86. The first-order chi connectivity index (χ1) is 10.2. The van der Waals surface area contributed by atoms with E-state index in [1.54, 1.807) is 0 Å². The van der Waals surface area contributed by atoms with Crippen LogP contribution in [0.15, 0.2) is 0 Å². The normalized spacial score (nSPS) is 10.0. The maximum Gasteiger partial charge on any atom is 1.00 e. The van der Waals surface area contributed by atoms with Crippen molar-refractivity contribution in [3.63, 3.8) is 0 Å². The van der Waals surface area contributed by atoms with Gasteiger partial charge in [0.25, 0.3) is 0 Å². The number of aliphatic carboxylic acids is 1. The number of carboxylic acid groups (broad SMARTS) is 1. The molecule has 0 bridgehead atoms. The largest absolute Gasteiger partial charge is 1.00 e. The van der Waals surface area contributed by atoms with Gasteiger partial charge >= 0.3 is 35.5 Å². The summed E-state index contributed by atoms with van der Waals surface area (Å²) in [4.78, 5) is 21.2. The Bertz CT molecular complexity index is 271. The molecule has 0 aromatic carbocycles. The van der Waals surface area contributed by atoms with Gasteiger partial charge in [-0.1, -0.05) is 64.7 Å². The quantitative estimate of drug-likeness (QED) is 0.224. The van der Waals surface area contributed by atoms with Gasteiger partial charge in [0.1, 0.15) is 6.61 Å². The van der Waals surface area contributed by atoms with Crippen LogP contribution in [0.4, 0.5) is 0 Å². The van der Waals surface area contributed by atoms with Crippen molar-refractivity contribution in [2.75, 3.05) is 19.8 Å². The van der Waals surface area contributed by atoms with Crippen molar-refractivity contribution in [3.05, 3.63) is 0 Å². The van der Waals surface area contributed by atoms with Gasteiger partial charge in [0.2, 0.25) is 0 Å². The van der Waals surface area contributed by atoms with Crippen molar-refractivity contribution >= 4 is 11.9 Å². The molecule has 22 heavy (non-hydrogen) atoms. The van der Waals surface area contributed by atoms with Crippen LogP contribution in [0.25, 0.3) is 0 Å². The van der Waals surface area contributed by atoms with E-state index in [9.17, 15) is 14.7 Å². The molecule has 0 atom stereocenters. The van der Waals surface area contributed by atoms with Gasteiger partial charge in [-0.3, -0.25) is 0 Å². The molecule has 0 saturated heterocycles. The second kappa shape index (κ2) is 18.9. The first-order valence-corrected chi connectivity index (χ1v) is 8.10. The summed E-state index contributed by atoms with van der Waals surface area (Å²) in [5.41, 5.74) is 0. The molecular formula is C16H29NaO5. The number of hydrogen-bond acceptors (Lipinski definition) is 5. The van der Waals surface area contributed by atoms with Gasteiger partial charge < -0.3 is 19.4 Å². The van der Waals surface area contributed by atoms with Gasteiger partial charge in [-0.25, -0.2) is 4.79 Å². The summed E-state index contributed by atoms with van der Waals surface area (Å²) in [6.45, 7) is 1.70. The van der Waals surface area contributed by atoms with E-state index < -0.39 is 18.5 Å². The van der Waals surface area contributed by atoms with Crippen molar-refractivity contribution < 1.29 is 53.7 Å². The first kappa shape index (κ1) is 24.2. The van der Waals surface area contributed by atoms with Crippen molar-refractivity contribution in [1.82, 2.24) is 0 Å². The van der Waals surface area contributed by atoms with Crippen LogP contribution in [0.3, 0.4) is 0 Å². The molecule has 0 N–H and O–H groups in total. The monoisotopic (exact) mass is 324 g/mol. The van der Waals surface area contributed by atoms with Gasteiger partial charge in [0.05, 0.1) is 19.2 Å². The van der Waals surface area contributed by atoms with E-state index in [4.69, 9.17) is 4.74 Å². The summed E-state index contributed by atoms with van der Waals surface area (Å²) in [5, 5.41) is 10.1. The summed E-state index contributed by atoms with van der Waals surface area (Å²) in [6, 6.07) is 0. The third-order valence-electron chi connectivity index (χ3n) is 3.20. The molecule has 0 heterocycles. The van der Waals surface area contributed by atoms with Crippen LogP contribution in [0.2, 0.25) is 0 Å². The zero-order valence-electron chi connectivity index (χ0n) is 14.2. The Balaban J connectivity index is 0. The number of rotatable bonds is 15. The van der Waals surface area contributed by atoms with Crippen LogP contribution in [-0.4, -0.2) is 31.8 Å². The van der Waals surface area contributed by atoms with E-state index in [2.05, 4.69) is 11.7 Å². The summed E-state index contributed by atoms with van der Waals surface area (Å²) >= 11 is 0. The zero-order valence-corrected chi connectivity index (χ0v) is 16.2. The molecule has 0 radical (unpaired) electrons. The van der Waals surface area contributed by atoms with Crippen LogP contribution in [0.1, 0.15) is 71.1 Å². The van der Waals surface area contributed by atoms with Crippen molar-refractivity contribution in [1.29, 1.82) is 0 Å². The standard InChI is InChI=1S/C16H30O5.Na/c1-2-3-4-5-6-7-8-9-10-11-12-21-16(19)14-20-13-15(17)18;/h2-14H2,1H3,(H,17,18);/q;+1/p-1. The molecule has 0 spiro atoms. The van der Waals surface area contributed by atoms with Crippen LogP contribution in [0, 0.1) is 0 Å². The van der Waals surface area contributed by atoms with E-state index in [0.29, 0.717) is 6.61 Å². The average Bonchev–Trinajstić information content (AvgIpc) is 2.44. The fourth-order valence-corrected chi connectivity index (χ4v) is 2.03. The minimum atomic E-state index is -1.34. The van der Waals surface area contributed by atoms with Gasteiger partial charge in [-0.15, -0.1) is 0 Å². The molecule has 0 amide bonds. The topological polar surface area (TPSA) is 75.7 Å². The smallest absolute Gasteiger partial charge is 0.548 e. The molecule has 6 heteroatoms. The third-order valence-corrected chi connectivity index (χ3v) is 3.20. The summed E-state index contributed by atoms with van der Waals surface area (Å²) in [6.07, 6.45) is 12.3. The maximum absolute atomic E-state index is 11.1. The number of carbonyl (C=O) groups is 2. The van der Waals surface area contributed by atoms with Crippen molar-refractivity contribution in [2.45, 2.75) is 71.1 Å². The fourth-order valence-electron chi connectivity index (χ4n) is 2.03. The average molecular weight is 324 g/mol. The number of hydrogen-bond donors (Lipinski definition) is 0. The number of ether oxygens (including phenoxy) is 2. The van der Waals surface area contributed by atoms with Crippen molar-refractivity contribution in [3.8, 4) is 0 Å². The third kappa shape index (κ3) is 19.9. The van der Waals surface area contributed by atoms with Crippen LogP contribution >= 0.6 is 0 Å². The minimum Gasteiger partial charge on any atom is -0.548 e. The molecule has 5 nitrogen and oxygen atoms in total. The van der Waals surface area contributed by atoms with E-state index in [0.717, 1.165) is 12.8 Å². The van der Waals surface area contributed by atoms with Gasteiger partial charge in [0, 0.05) is 0 Å². The van der Waals surface area contributed by atoms with Crippen LogP contribution in [0.5, 0.6) is 0 Å². The molecule has 0 fully saturated rings. The zero-order chi connectivity index (χ0) is 15.8. The van der Waals surface area contributed by atoms with Gasteiger partial charge in [-0.2, -0.15) is 0 Å². The Hall–Kier alpha value is -0.100.